The number of halogens is 6. The lowest BCUT2D eigenvalue weighted by Gasteiger charge is -2.39. The zero-order chi connectivity index (χ0) is 28.0. The zero-order valence-electron chi connectivity index (χ0n) is 19.3. The van der Waals surface area contributed by atoms with Crippen LogP contribution >= 0.6 is 0 Å². The Kier molecular flexibility index (Phi) is 9.61. The van der Waals surface area contributed by atoms with Crippen molar-refractivity contribution in [1.82, 2.24) is 19.7 Å². The van der Waals surface area contributed by atoms with Crippen LogP contribution in [0.1, 0.15) is 25.0 Å². The number of carbonyl (C=O) groups excluding carboxylic acids is 1. The summed E-state index contributed by atoms with van der Waals surface area (Å²) < 4.78 is 65.2. The van der Waals surface area contributed by atoms with Crippen molar-refractivity contribution in [3.8, 4) is 0 Å². The van der Waals surface area contributed by atoms with Crippen LogP contribution < -0.4 is 4.90 Å². The molecular formula is C21H23F6N5O5. The molecule has 2 atom stereocenters. The quantitative estimate of drug-likeness (QED) is 0.570. The molecule has 204 valence electrons. The number of aryl methyl sites for hydroxylation is 1. The van der Waals surface area contributed by atoms with Gasteiger partial charge in [-0.05, 0) is 25.0 Å². The highest BCUT2D eigenvalue weighted by Gasteiger charge is 2.44. The third-order valence-corrected chi connectivity index (χ3v) is 5.43. The maximum absolute atomic E-state index is 12.5. The first-order chi connectivity index (χ1) is 17.1. The number of pyridine rings is 1. The minimum Gasteiger partial charge on any atom is -0.475 e. The van der Waals surface area contributed by atoms with Gasteiger partial charge in [0.1, 0.15) is 0 Å². The number of hydrogen-bond acceptors (Lipinski definition) is 6. The Hall–Kier alpha value is -3.69. The van der Waals surface area contributed by atoms with E-state index in [4.69, 9.17) is 19.8 Å². The number of rotatable bonds is 3. The topological polar surface area (TPSA) is 129 Å². The van der Waals surface area contributed by atoms with E-state index in [9.17, 15) is 31.1 Å². The molecule has 0 spiro atoms. The van der Waals surface area contributed by atoms with E-state index in [1.165, 1.54) is 0 Å². The van der Waals surface area contributed by atoms with Crippen LogP contribution in [0.5, 0.6) is 0 Å². The highest BCUT2D eigenvalue weighted by atomic mass is 19.4. The molecule has 0 aromatic carbocycles. The number of piperidine rings is 1. The number of aliphatic carboxylic acids is 2. The van der Waals surface area contributed by atoms with Crippen molar-refractivity contribution in [2.24, 2.45) is 7.05 Å². The van der Waals surface area contributed by atoms with Gasteiger partial charge < -0.3 is 15.1 Å². The predicted octanol–water partition coefficient (Wildman–Crippen LogP) is 2.85. The Labute approximate surface area is 206 Å². The molecule has 2 saturated heterocycles. The summed E-state index contributed by atoms with van der Waals surface area (Å²) in [4.78, 5) is 39.1. The van der Waals surface area contributed by atoms with Crippen molar-refractivity contribution in [3.63, 3.8) is 0 Å². The third-order valence-electron chi connectivity index (χ3n) is 5.43. The van der Waals surface area contributed by atoms with Crippen LogP contribution in [-0.4, -0.2) is 78.7 Å². The van der Waals surface area contributed by atoms with Crippen LogP contribution in [0.25, 0.3) is 0 Å². The molecule has 0 unspecified atom stereocenters. The number of nitrogens with zero attached hydrogens (tertiary/aromatic N) is 5. The first-order valence-corrected chi connectivity index (χ1v) is 10.7. The summed E-state index contributed by atoms with van der Waals surface area (Å²) in [7, 11) is 1.89. The largest absolute Gasteiger partial charge is 0.490 e. The number of anilines is 1. The maximum atomic E-state index is 12.5. The fourth-order valence-corrected chi connectivity index (χ4v) is 3.92. The standard InChI is InChI=1S/C17H21N5O.2C2HF3O2/c1-20-12-14(10-19-20)22-16-7-9-21(15(16)5-6-17(22)23)11-13-4-2-3-8-18-13;2*3-2(4,5)1(6)7/h2-4,8,10,12,15-16H,5-7,9,11H2,1H3;2*(H,6,7)/t15-,16-;;/m1../s1. The Morgan fingerprint density at radius 3 is 2.08 bits per heavy atom. The van der Waals surface area contributed by atoms with Gasteiger partial charge in [-0.1, -0.05) is 6.07 Å². The summed E-state index contributed by atoms with van der Waals surface area (Å²) in [6.07, 6.45) is -2.04. The molecular weight excluding hydrogens is 516 g/mol. The highest BCUT2D eigenvalue weighted by Crippen LogP contribution is 2.35. The Bertz CT molecular complexity index is 1050. The molecule has 2 aliphatic rings. The molecule has 0 bridgehead atoms. The first kappa shape index (κ1) is 29.5. The van der Waals surface area contributed by atoms with Crippen LogP contribution in [0.15, 0.2) is 36.8 Å². The molecule has 4 heterocycles. The smallest absolute Gasteiger partial charge is 0.475 e. The molecule has 0 radical (unpaired) electrons. The Morgan fingerprint density at radius 2 is 1.62 bits per heavy atom. The van der Waals surface area contributed by atoms with Gasteiger partial charge in [0.2, 0.25) is 5.91 Å². The van der Waals surface area contributed by atoms with E-state index in [1.807, 2.05) is 36.5 Å². The normalized spacial score (nSPS) is 19.8. The van der Waals surface area contributed by atoms with Crippen LogP contribution in [0.2, 0.25) is 0 Å². The van der Waals surface area contributed by atoms with Gasteiger partial charge in [0.25, 0.3) is 0 Å². The van der Waals surface area contributed by atoms with Gasteiger partial charge in [0, 0.05) is 45.0 Å². The molecule has 0 saturated carbocycles. The minimum absolute atomic E-state index is 0.221. The molecule has 4 rings (SSSR count). The molecule has 2 fully saturated rings. The summed E-state index contributed by atoms with van der Waals surface area (Å²) >= 11 is 0. The van der Waals surface area contributed by atoms with Gasteiger partial charge >= 0.3 is 24.3 Å². The van der Waals surface area contributed by atoms with Crippen LogP contribution in [-0.2, 0) is 28.0 Å². The van der Waals surface area contributed by atoms with Gasteiger partial charge in [-0.3, -0.25) is 19.4 Å². The number of aromatic nitrogens is 3. The number of carboxylic acids is 2. The summed E-state index contributed by atoms with van der Waals surface area (Å²) in [6, 6.07) is 6.71. The van der Waals surface area contributed by atoms with Crippen molar-refractivity contribution in [2.45, 2.75) is 50.2 Å². The van der Waals surface area contributed by atoms with E-state index in [2.05, 4.69) is 21.0 Å². The molecule has 10 nitrogen and oxygen atoms in total. The fourth-order valence-electron chi connectivity index (χ4n) is 3.92. The number of carboxylic acid groups (broad SMARTS) is 2. The predicted molar refractivity (Wildman–Crippen MR) is 114 cm³/mol. The van der Waals surface area contributed by atoms with Gasteiger partial charge in [-0.2, -0.15) is 31.4 Å². The number of carbonyl (C=O) groups is 3. The maximum Gasteiger partial charge on any atom is 0.490 e. The number of alkyl halides is 6. The highest BCUT2D eigenvalue weighted by molar-refractivity contribution is 5.94. The van der Waals surface area contributed by atoms with Crippen molar-refractivity contribution in [1.29, 1.82) is 0 Å². The van der Waals surface area contributed by atoms with Gasteiger partial charge in [-0.25, -0.2) is 9.59 Å². The van der Waals surface area contributed by atoms with E-state index < -0.39 is 24.3 Å². The van der Waals surface area contributed by atoms with Gasteiger partial charge in [0.15, 0.2) is 0 Å². The first-order valence-electron chi connectivity index (χ1n) is 10.7. The van der Waals surface area contributed by atoms with Crippen LogP contribution in [0.4, 0.5) is 32.0 Å². The molecule has 37 heavy (non-hydrogen) atoms. The SMILES string of the molecule is Cn1cc(N2C(=O)CC[C@@H]3[C@H]2CCN3Cc2ccccn2)cn1.O=C(O)C(F)(F)F.O=C(O)C(F)(F)F. The monoisotopic (exact) mass is 539 g/mol. The van der Waals surface area contributed by atoms with Crippen molar-refractivity contribution < 1.29 is 50.9 Å². The van der Waals surface area contributed by atoms with Crippen molar-refractivity contribution in [2.75, 3.05) is 11.4 Å². The average Bonchev–Trinajstić information content (AvgIpc) is 3.40. The second-order valence-corrected chi connectivity index (χ2v) is 8.00. The second kappa shape index (κ2) is 12.0. The van der Waals surface area contributed by atoms with E-state index >= 15 is 0 Å². The van der Waals surface area contributed by atoms with Crippen molar-refractivity contribution >= 4 is 23.5 Å². The van der Waals surface area contributed by atoms with Gasteiger partial charge in [0.05, 0.1) is 23.6 Å². The fraction of sp³-hybridized carbons (Fsp3) is 0.476. The lowest BCUT2D eigenvalue weighted by Crippen LogP contribution is -2.52. The average molecular weight is 539 g/mol. The van der Waals surface area contributed by atoms with E-state index in [-0.39, 0.29) is 11.9 Å². The lowest BCUT2D eigenvalue weighted by atomic mass is 9.96. The Balaban J connectivity index is 0.000000286. The molecule has 0 aliphatic carbocycles. The number of likely N-dealkylation sites (tertiary alicyclic amines) is 1. The van der Waals surface area contributed by atoms with Crippen LogP contribution in [0, 0.1) is 0 Å². The van der Waals surface area contributed by atoms with E-state index in [1.54, 1.807) is 10.9 Å². The van der Waals surface area contributed by atoms with Crippen LogP contribution in [0.3, 0.4) is 0 Å². The van der Waals surface area contributed by atoms with E-state index in [0.717, 1.165) is 37.3 Å². The molecule has 2 aliphatic heterocycles. The summed E-state index contributed by atoms with van der Waals surface area (Å²) in [5.74, 6) is -5.29. The molecule has 2 aromatic heterocycles. The molecule has 2 aromatic rings. The zero-order valence-corrected chi connectivity index (χ0v) is 19.3. The van der Waals surface area contributed by atoms with Gasteiger partial charge in [-0.15, -0.1) is 0 Å². The lowest BCUT2D eigenvalue weighted by molar-refractivity contribution is -0.193. The number of hydrogen-bond donors (Lipinski definition) is 2. The third kappa shape index (κ3) is 8.44. The molecule has 16 heteroatoms. The second-order valence-electron chi connectivity index (χ2n) is 8.00. The molecule has 1 amide bonds. The minimum atomic E-state index is -5.08. The molecule has 2 N–H and O–H groups in total. The Morgan fingerprint density at radius 1 is 1.03 bits per heavy atom. The van der Waals surface area contributed by atoms with Crippen molar-refractivity contribution in [3.05, 3.63) is 42.5 Å². The summed E-state index contributed by atoms with van der Waals surface area (Å²) in [5.41, 5.74) is 2.02. The number of amides is 1. The summed E-state index contributed by atoms with van der Waals surface area (Å²) in [6.45, 7) is 1.87. The van der Waals surface area contributed by atoms with E-state index in [0.29, 0.717) is 12.5 Å². The summed E-state index contributed by atoms with van der Waals surface area (Å²) in [5, 5.41) is 18.5. The number of fused-ring (bicyclic) bond motifs is 1.